The Labute approximate surface area is 135 Å². The second kappa shape index (κ2) is 7.45. The van der Waals surface area contributed by atoms with Crippen molar-refractivity contribution in [3.05, 3.63) is 59.7 Å². The molecule has 5 nitrogen and oxygen atoms in total. The second-order valence-electron chi connectivity index (χ2n) is 5.54. The molecule has 0 saturated carbocycles. The minimum absolute atomic E-state index is 0.0440. The zero-order valence-electron chi connectivity index (χ0n) is 13.4. The highest BCUT2D eigenvalue weighted by molar-refractivity contribution is 5.96. The molecule has 0 bridgehead atoms. The van der Waals surface area contributed by atoms with Gasteiger partial charge in [-0.2, -0.15) is 0 Å². The van der Waals surface area contributed by atoms with Crippen LogP contribution in [0.15, 0.2) is 48.5 Å². The van der Waals surface area contributed by atoms with Gasteiger partial charge in [0.1, 0.15) is 5.75 Å². The van der Waals surface area contributed by atoms with Crippen molar-refractivity contribution < 1.29 is 14.3 Å². The van der Waals surface area contributed by atoms with Gasteiger partial charge < -0.3 is 10.1 Å². The van der Waals surface area contributed by atoms with E-state index in [1.54, 1.807) is 42.5 Å². The monoisotopic (exact) mass is 312 g/mol. The van der Waals surface area contributed by atoms with E-state index in [-0.39, 0.29) is 11.9 Å². The van der Waals surface area contributed by atoms with Crippen molar-refractivity contribution in [1.82, 2.24) is 5.32 Å². The summed E-state index contributed by atoms with van der Waals surface area (Å²) in [4.78, 5) is 24.0. The Morgan fingerprint density at radius 2 is 1.74 bits per heavy atom. The third kappa shape index (κ3) is 5.14. The number of para-hydroxylation sites is 1. The van der Waals surface area contributed by atoms with Gasteiger partial charge in [0.05, 0.1) is 0 Å². The molecule has 0 heterocycles. The number of anilines is 1. The van der Waals surface area contributed by atoms with Crippen LogP contribution in [0.3, 0.4) is 0 Å². The fourth-order valence-corrected chi connectivity index (χ4v) is 2.07. The molecule has 0 unspecified atom stereocenters. The Bertz CT molecular complexity index is 697. The molecule has 5 heteroatoms. The molecule has 0 saturated heterocycles. The smallest absolute Gasteiger partial charge is 0.410 e. The van der Waals surface area contributed by atoms with Crippen LogP contribution in [0, 0.1) is 6.92 Å². The van der Waals surface area contributed by atoms with Crippen molar-refractivity contribution in [1.29, 1.82) is 0 Å². The highest BCUT2D eigenvalue weighted by Gasteiger charge is 2.11. The lowest BCUT2D eigenvalue weighted by molar-refractivity contribution is 0.0943. The van der Waals surface area contributed by atoms with Crippen molar-refractivity contribution in [3.8, 4) is 5.75 Å². The number of amides is 2. The van der Waals surface area contributed by atoms with E-state index < -0.39 is 6.09 Å². The molecule has 2 N–H and O–H groups in total. The first-order chi connectivity index (χ1) is 10.9. The largest absolute Gasteiger partial charge is 0.417 e. The minimum Gasteiger partial charge on any atom is -0.410 e. The molecular formula is C18H20N2O3. The molecule has 0 atom stereocenters. The Hall–Kier alpha value is -2.82. The van der Waals surface area contributed by atoms with Gasteiger partial charge in [-0.05, 0) is 56.7 Å². The van der Waals surface area contributed by atoms with Crippen molar-refractivity contribution in [3.63, 3.8) is 0 Å². The van der Waals surface area contributed by atoms with Gasteiger partial charge in [0.15, 0.2) is 0 Å². The average Bonchev–Trinajstić information content (AvgIpc) is 2.46. The molecule has 0 fully saturated rings. The quantitative estimate of drug-likeness (QED) is 0.903. The number of aryl methyl sites for hydroxylation is 1. The molecular weight excluding hydrogens is 292 g/mol. The molecule has 120 valence electrons. The summed E-state index contributed by atoms with van der Waals surface area (Å²) in [5, 5.41) is 5.46. The number of ether oxygens (including phenoxy) is 1. The molecule has 0 aliphatic rings. The van der Waals surface area contributed by atoms with E-state index in [2.05, 4.69) is 10.6 Å². The molecule has 0 aliphatic carbocycles. The summed E-state index contributed by atoms with van der Waals surface area (Å²) in [7, 11) is 0. The van der Waals surface area contributed by atoms with Crippen molar-refractivity contribution in [2.24, 2.45) is 0 Å². The zero-order chi connectivity index (χ0) is 16.8. The first-order valence-corrected chi connectivity index (χ1v) is 7.40. The standard InChI is InChI=1S/C18H20N2O3/c1-12(2)19-17(21)14-9-13(3)10-15(11-14)20-18(22)23-16-7-5-4-6-8-16/h4-12H,1-3H3,(H,19,21)(H,20,22). The minimum atomic E-state index is -0.600. The van der Waals surface area contributed by atoms with E-state index in [1.165, 1.54) is 0 Å². The Morgan fingerprint density at radius 3 is 2.39 bits per heavy atom. The fraction of sp³-hybridized carbons (Fsp3) is 0.222. The van der Waals surface area contributed by atoms with Crippen molar-refractivity contribution in [2.75, 3.05) is 5.32 Å². The summed E-state index contributed by atoms with van der Waals surface area (Å²) in [6.07, 6.45) is -0.600. The number of carbonyl (C=O) groups is 2. The molecule has 2 rings (SSSR count). The summed E-state index contributed by atoms with van der Waals surface area (Å²) in [6.45, 7) is 5.65. The summed E-state index contributed by atoms with van der Waals surface area (Å²) in [5.74, 6) is 0.276. The maximum Gasteiger partial charge on any atom is 0.417 e. The van der Waals surface area contributed by atoms with Gasteiger partial charge in [-0.1, -0.05) is 18.2 Å². The lowest BCUT2D eigenvalue weighted by atomic mass is 10.1. The van der Waals surface area contributed by atoms with Gasteiger partial charge in [-0.25, -0.2) is 4.79 Å². The molecule has 0 aliphatic heterocycles. The topological polar surface area (TPSA) is 67.4 Å². The summed E-state index contributed by atoms with van der Waals surface area (Å²) in [6, 6.07) is 14.0. The molecule has 0 spiro atoms. The summed E-state index contributed by atoms with van der Waals surface area (Å²) in [5.41, 5.74) is 1.88. The first-order valence-electron chi connectivity index (χ1n) is 7.40. The molecule has 2 aromatic carbocycles. The number of hydrogen-bond acceptors (Lipinski definition) is 3. The van der Waals surface area contributed by atoms with Gasteiger partial charge in [0, 0.05) is 17.3 Å². The lowest BCUT2D eigenvalue weighted by Gasteiger charge is -2.11. The Morgan fingerprint density at radius 1 is 1.04 bits per heavy atom. The number of hydrogen-bond donors (Lipinski definition) is 2. The predicted octanol–water partition coefficient (Wildman–Crippen LogP) is 3.74. The third-order valence-corrected chi connectivity index (χ3v) is 2.96. The van der Waals surface area contributed by atoms with Crippen LogP contribution in [-0.4, -0.2) is 18.0 Å². The van der Waals surface area contributed by atoms with Crippen LogP contribution in [0.25, 0.3) is 0 Å². The number of rotatable bonds is 4. The molecule has 2 amide bonds. The van der Waals surface area contributed by atoms with Gasteiger partial charge in [-0.15, -0.1) is 0 Å². The normalized spacial score (nSPS) is 10.3. The predicted molar refractivity (Wildman–Crippen MR) is 89.9 cm³/mol. The highest BCUT2D eigenvalue weighted by atomic mass is 16.6. The number of nitrogens with one attached hydrogen (secondary N) is 2. The summed E-state index contributed by atoms with van der Waals surface area (Å²) < 4.78 is 5.17. The molecule has 0 radical (unpaired) electrons. The maximum absolute atomic E-state index is 12.1. The van der Waals surface area contributed by atoms with Crippen molar-refractivity contribution >= 4 is 17.7 Å². The summed E-state index contributed by atoms with van der Waals surface area (Å²) >= 11 is 0. The van der Waals surface area contributed by atoms with E-state index in [4.69, 9.17) is 4.74 Å². The van der Waals surface area contributed by atoms with Crippen molar-refractivity contribution in [2.45, 2.75) is 26.8 Å². The first kappa shape index (κ1) is 16.5. The van der Waals surface area contributed by atoms with E-state index >= 15 is 0 Å². The van der Waals surface area contributed by atoms with Crippen LogP contribution >= 0.6 is 0 Å². The van der Waals surface area contributed by atoms with Gasteiger partial charge in [-0.3, -0.25) is 10.1 Å². The molecule has 0 aromatic heterocycles. The average molecular weight is 312 g/mol. The fourth-order valence-electron chi connectivity index (χ4n) is 2.07. The van der Waals surface area contributed by atoms with Gasteiger partial charge in [0.2, 0.25) is 0 Å². The number of carbonyl (C=O) groups excluding carboxylic acids is 2. The van der Waals surface area contributed by atoms with E-state index in [1.807, 2.05) is 26.8 Å². The molecule has 23 heavy (non-hydrogen) atoms. The third-order valence-electron chi connectivity index (χ3n) is 2.96. The lowest BCUT2D eigenvalue weighted by Crippen LogP contribution is -2.30. The second-order valence-corrected chi connectivity index (χ2v) is 5.54. The van der Waals surface area contributed by atoms with E-state index in [0.29, 0.717) is 17.0 Å². The molecule has 2 aromatic rings. The van der Waals surface area contributed by atoms with Crippen LogP contribution in [0.5, 0.6) is 5.75 Å². The SMILES string of the molecule is Cc1cc(NC(=O)Oc2ccccc2)cc(C(=O)NC(C)C)c1. The Kier molecular flexibility index (Phi) is 5.36. The highest BCUT2D eigenvalue weighted by Crippen LogP contribution is 2.16. The van der Waals surface area contributed by atoms with Crippen LogP contribution in [0.2, 0.25) is 0 Å². The Balaban J connectivity index is 2.09. The van der Waals surface area contributed by atoms with Crippen LogP contribution in [0.4, 0.5) is 10.5 Å². The van der Waals surface area contributed by atoms with E-state index in [9.17, 15) is 9.59 Å². The van der Waals surface area contributed by atoms with Crippen LogP contribution in [0.1, 0.15) is 29.8 Å². The van der Waals surface area contributed by atoms with Gasteiger partial charge >= 0.3 is 6.09 Å². The van der Waals surface area contributed by atoms with E-state index in [0.717, 1.165) is 5.56 Å². The van der Waals surface area contributed by atoms with Crippen LogP contribution in [-0.2, 0) is 0 Å². The zero-order valence-corrected chi connectivity index (χ0v) is 13.4. The number of benzene rings is 2. The van der Waals surface area contributed by atoms with Gasteiger partial charge in [0.25, 0.3) is 5.91 Å². The maximum atomic E-state index is 12.1. The van der Waals surface area contributed by atoms with Crippen LogP contribution < -0.4 is 15.4 Å².